The van der Waals surface area contributed by atoms with Crippen LogP contribution in [0.15, 0.2) is 0 Å². The Balaban J connectivity index is 2.23. The maximum Gasteiger partial charge on any atom is 0.0846 e. The van der Waals surface area contributed by atoms with Crippen LogP contribution in [0.4, 0.5) is 0 Å². The molecule has 1 aliphatic rings. The van der Waals surface area contributed by atoms with Crippen LogP contribution in [-0.4, -0.2) is 6.04 Å². The average molecular weight is 114 g/mol. The molecule has 1 nitrogen and oxygen atoms in total. The minimum absolute atomic E-state index is 0.763. The molecule has 1 rings (SSSR count). The van der Waals surface area contributed by atoms with Gasteiger partial charge in [-0.25, -0.2) is 0 Å². The second-order valence-electron chi connectivity index (χ2n) is 3.14. The van der Waals surface area contributed by atoms with Crippen molar-refractivity contribution in [2.75, 3.05) is 0 Å². The summed E-state index contributed by atoms with van der Waals surface area (Å²) in [4.78, 5) is 0. The Hall–Kier alpha value is -0.0400. The lowest BCUT2D eigenvalue weighted by Crippen LogP contribution is -2.62. The molecule has 48 valence electrons. The molecule has 0 spiro atoms. The summed E-state index contributed by atoms with van der Waals surface area (Å²) in [5.41, 5.74) is 4.05. The first-order valence-corrected chi connectivity index (χ1v) is 3.62. The van der Waals surface area contributed by atoms with Gasteiger partial charge < -0.3 is 5.73 Å². The Morgan fingerprint density at radius 3 is 2.50 bits per heavy atom. The molecule has 1 unspecified atom stereocenters. The third-order valence-corrected chi connectivity index (χ3v) is 2.04. The van der Waals surface area contributed by atoms with Gasteiger partial charge in [0.2, 0.25) is 0 Å². The van der Waals surface area contributed by atoms with Crippen LogP contribution >= 0.6 is 0 Å². The summed E-state index contributed by atoms with van der Waals surface area (Å²) >= 11 is 0. The molecule has 0 saturated heterocycles. The fourth-order valence-corrected chi connectivity index (χ4v) is 1.56. The Labute approximate surface area is 51.3 Å². The summed E-state index contributed by atoms with van der Waals surface area (Å²) in [6, 6.07) is 0.763. The van der Waals surface area contributed by atoms with E-state index in [0.717, 1.165) is 12.0 Å². The third-order valence-electron chi connectivity index (χ3n) is 2.04. The van der Waals surface area contributed by atoms with E-state index in [2.05, 4.69) is 12.7 Å². The van der Waals surface area contributed by atoms with Gasteiger partial charge in [0.15, 0.2) is 0 Å². The molecule has 0 heterocycles. The van der Waals surface area contributed by atoms with E-state index < -0.39 is 0 Å². The standard InChI is InChI=1S/C7H15N/c1-6-3-2-4-7(8)5-6/h6-7H,2-5,8H2,1H3/p+1/t6?,7-/m0/s1. The second kappa shape index (κ2) is 2.49. The Bertz CT molecular complexity index is 62.8. The van der Waals surface area contributed by atoms with Crippen LogP contribution in [0, 0.1) is 5.92 Å². The highest BCUT2D eigenvalue weighted by molar-refractivity contribution is 4.66. The molecule has 0 aromatic heterocycles. The minimum atomic E-state index is 0.763. The highest BCUT2D eigenvalue weighted by Crippen LogP contribution is 2.20. The first kappa shape index (κ1) is 6.09. The summed E-state index contributed by atoms with van der Waals surface area (Å²) in [6.07, 6.45) is 5.58. The largest absolute Gasteiger partial charge is 0.355 e. The molecular formula is C7H16N+. The van der Waals surface area contributed by atoms with Crippen molar-refractivity contribution in [1.29, 1.82) is 0 Å². The molecule has 0 aromatic rings. The van der Waals surface area contributed by atoms with Crippen LogP contribution < -0.4 is 5.73 Å². The molecule has 1 fully saturated rings. The highest BCUT2D eigenvalue weighted by atomic mass is 14.6. The van der Waals surface area contributed by atoms with Crippen molar-refractivity contribution >= 4 is 0 Å². The predicted molar refractivity (Wildman–Crippen MR) is 34.3 cm³/mol. The van der Waals surface area contributed by atoms with Gasteiger partial charge in [-0.3, -0.25) is 0 Å². The van der Waals surface area contributed by atoms with Crippen molar-refractivity contribution in [2.45, 2.75) is 38.6 Å². The highest BCUT2D eigenvalue weighted by Gasteiger charge is 2.16. The number of hydrogen-bond acceptors (Lipinski definition) is 0. The lowest BCUT2D eigenvalue weighted by molar-refractivity contribution is -0.427. The van der Waals surface area contributed by atoms with Gasteiger partial charge in [-0.05, 0) is 18.8 Å². The van der Waals surface area contributed by atoms with E-state index in [-0.39, 0.29) is 0 Å². The van der Waals surface area contributed by atoms with E-state index in [1.807, 2.05) is 0 Å². The van der Waals surface area contributed by atoms with Gasteiger partial charge in [-0.1, -0.05) is 13.3 Å². The number of hydrogen-bond donors (Lipinski definition) is 1. The van der Waals surface area contributed by atoms with Crippen molar-refractivity contribution in [3.63, 3.8) is 0 Å². The molecule has 2 atom stereocenters. The Morgan fingerprint density at radius 2 is 2.12 bits per heavy atom. The summed E-state index contributed by atoms with van der Waals surface area (Å²) in [7, 11) is 0. The molecular weight excluding hydrogens is 98.1 g/mol. The van der Waals surface area contributed by atoms with E-state index in [1.54, 1.807) is 0 Å². The van der Waals surface area contributed by atoms with Crippen LogP contribution in [0.3, 0.4) is 0 Å². The van der Waals surface area contributed by atoms with Gasteiger partial charge in [-0.15, -0.1) is 0 Å². The van der Waals surface area contributed by atoms with Gasteiger partial charge in [0.25, 0.3) is 0 Å². The molecule has 1 heteroatoms. The summed E-state index contributed by atoms with van der Waals surface area (Å²) in [5.74, 6) is 0.950. The number of quaternary nitrogens is 1. The second-order valence-corrected chi connectivity index (χ2v) is 3.14. The summed E-state index contributed by atoms with van der Waals surface area (Å²) in [5, 5.41) is 0. The summed E-state index contributed by atoms with van der Waals surface area (Å²) < 4.78 is 0. The van der Waals surface area contributed by atoms with Crippen molar-refractivity contribution in [3.8, 4) is 0 Å². The lowest BCUT2D eigenvalue weighted by Gasteiger charge is -2.20. The first-order chi connectivity index (χ1) is 3.79. The molecule has 0 aliphatic heterocycles. The molecule has 0 amide bonds. The topological polar surface area (TPSA) is 27.6 Å². The Morgan fingerprint density at radius 1 is 1.38 bits per heavy atom. The van der Waals surface area contributed by atoms with E-state index in [1.165, 1.54) is 25.7 Å². The van der Waals surface area contributed by atoms with Gasteiger partial charge >= 0.3 is 0 Å². The maximum absolute atomic E-state index is 4.05. The fraction of sp³-hybridized carbons (Fsp3) is 1.00. The summed E-state index contributed by atoms with van der Waals surface area (Å²) in [6.45, 7) is 2.33. The predicted octanol–water partition coefficient (Wildman–Crippen LogP) is 0.807. The maximum atomic E-state index is 4.05. The zero-order chi connectivity index (χ0) is 5.98. The van der Waals surface area contributed by atoms with Crippen molar-refractivity contribution in [2.24, 2.45) is 5.92 Å². The zero-order valence-corrected chi connectivity index (χ0v) is 5.69. The zero-order valence-electron chi connectivity index (χ0n) is 5.69. The van der Waals surface area contributed by atoms with Crippen LogP contribution in [0.5, 0.6) is 0 Å². The molecule has 1 aliphatic carbocycles. The van der Waals surface area contributed by atoms with Crippen molar-refractivity contribution < 1.29 is 5.73 Å². The van der Waals surface area contributed by atoms with E-state index in [4.69, 9.17) is 0 Å². The van der Waals surface area contributed by atoms with Crippen molar-refractivity contribution in [3.05, 3.63) is 0 Å². The normalized spacial score (nSPS) is 39.8. The van der Waals surface area contributed by atoms with Crippen LogP contribution in [-0.2, 0) is 0 Å². The van der Waals surface area contributed by atoms with Crippen molar-refractivity contribution in [1.82, 2.24) is 0 Å². The van der Waals surface area contributed by atoms with Crippen LogP contribution in [0.25, 0.3) is 0 Å². The SMILES string of the molecule is CC1CCC[C@H]([NH3+])C1. The van der Waals surface area contributed by atoms with E-state index in [0.29, 0.717) is 0 Å². The number of rotatable bonds is 0. The molecule has 1 saturated carbocycles. The third kappa shape index (κ3) is 1.48. The first-order valence-electron chi connectivity index (χ1n) is 3.62. The molecule has 3 N–H and O–H groups in total. The van der Waals surface area contributed by atoms with Crippen LogP contribution in [0.1, 0.15) is 32.6 Å². The van der Waals surface area contributed by atoms with E-state index in [9.17, 15) is 0 Å². The lowest BCUT2D eigenvalue weighted by atomic mass is 9.88. The molecule has 0 aromatic carbocycles. The van der Waals surface area contributed by atoms with E-state index >= 15 is 0 Å². The molecule has 0 radical (unpaired) electrons. The van der Waals surface area contributed by atoms with Gasteiger partial charge in [0.1, 0.15) is 0 Å². The molecule has 0 bridgehead atoms. The minimum Gasteiger partial charge on any atom is -0.355 e. The van der Waals surface area contributed by atoms with Gasteiger partial charge in [-0.2, -0.15) is 0 Å². The van der Waals surface area contributed by atoms with Gasteiger partial charge in [0.05, 0.1) is 6.04 Å². The molecule has 8 heavy (non-hydrogen) atoms. The van der Waals surface area contributed by atoms with Gasteiger partial charge in [0, 0.05) is 6.42 Å². The quantitative estimate of drug-likeness (QED) is 0.482. The smallest absolute Gasteiger partial charge is 0.0846 e. The monoisotopic (exact) mass is 114 g/mol. The fourth-order valence-electron chi connectivity index (χ4n) is 1.56. The Kier molecular flexibility index (Phi) is 1.90. The average Bonchev–Trinajstić information content (AvgIpc) is 1.64. The van der Waals surface area contributed by atoms with Crippen LogP contribution in [0.2, 0.25) is 0 Å².